The van der Waals surface area contributed by atoms with E-state index in [9.17, 15) is 4.79 Å². The van der Waals surface area contributed by atoms with Crippen molar-refractivity contribution in [2.24, 2.45) is 11.8 Å². The van der Waals surface area contributed by atoms with Gasteiger partial charge in [-0.2, -0.15) is 5.26 Å². The van der Waals surface area contributed by atoms with Gasteiger partial charge in [0.2, 0.25) is 5.91 Å². The monoisotopic (exact) mass is 225 g/mol. The Bertz CT molecular complexity index is 276. The van der Waals surface area contributed by atoms with Gasteiger partial charge in [0.05, 0.1) is 6.07 Å². The average molecular weight is 225 g/mol. The Morgan fingerprint density at radius 2 is 1.94 bits per heavy atom. The average Bonchev–Trinajstić information content (AvgIpc) is 2.15. The van der Waals surface area contributed by atoms with Crippen molar-refractivity contribution in [3.8, 4) is 6.07 Å². The first kappa shape index (κ1) is 14.9. The summed E-state index contributed by atoms with van der Waals surface area (Å²) in [7, 11) is 3.94. The summed E-state index contributed by atoms with van der Waals surface area (Å²) in [6.45, 7) is 8.40. The van der Waals surface area contributed by atoms with Gasteiger partial charge in [0.1, 0.15) is 5.92 Å². The summed E-state index contributed by atoms with van der Waals surface area (Å²) in [4.78, 5) is 13.8. The zero-order chi connectivity index (χ0) is 12.9. The maximum Gasteiger partial charge on any atom is 0.237 e. The number of nitriles is 1. The number of amides is 1. The smallest absolute Gasteiger partial charge is 0.237 e. The van der Waals surface area contributed by atoms with Crippen LogP contribution in [0.25, 0.3) is 0 Å². The molecule has 1 unspecified atom stereocenters. The summed E-state index contributed by atoms with van der Waals surface area (Å²) in [5.41, 5.74) is -0.105. The van der Waals surface area contributed by atoms with Gasteiger partial charge in [0.25, 0.3) is 0 Å². The van der Waals surface area contributed by atoms with Crippen LogP contribution in [-0.4, -0.2) is 37.0 Å². The molecule has 92 valence electrons. The van der Waals surface area contributed by atoms with Crippen LogP contribution in [0.15, 0.2) is 0 Å². The van der Waals surface area contributed by atoms with Crippen LogP contribution in [0.1, 0.15) is 27.7 Å². The summed E-state index contributed by atoms with van der Waals surface area (Å²) in [5, 5.41) is 11.7. The van der Waals surface area contributed by atoms with Gasteiger partial charge in [-0.1, -0.05) is 13.8 Å². The predicted octanol–water partition coefficient (Wildman–Crippen LogP) is 1.24. The largest absolute Gasteiger partial charge is 0.353 e. The van der Waals surface area contributed by atoms with Gasteiger partial charge in [-0.3, -0.25) is 4.79 Å². The maximum absolute atomic E-state index is 11.7. The molecule has 0 aliphatic rings. The van der Waals surface area contributed by atoms with Gasteiger partial charge in [-0.15, -0.1) is 0 Å². The van der Waals surface area contributed by atoms with Crippen molar-refractivity contribution in [1.82, 2.24) is 10.2 Å². The number of likely N-dealkylation sites (N-methyl/N-ethyl adjacent to an activating group) is 1. The third-order valence-corrected chi connectivity index (χ3v) is 2.99. The Labute approximate surface area is 98.6 Å². The fraction of sp³-hybridized carbons (Fsp3) is 0.833. The summed E-state index contributed by atoms with van der Waals surface area (Å²) >= 11 is 0. The molecule has 0 aliphatic heterocycles. The van der Waals surface area contributed by atoms with E-state index in [1.807, 2.05) is 52.8 Å². The summed E-state index contributed by atoms with van der Waals surface area (Å²) in [6.07, 6.45) is 0. The molecule has 0 heterocycles. The van der Waals surface area contributed by atoms with E-state index in [2.05, 4.69) is 5.32 Å². The van der Waals surface area contributed by atoms with Crippen LogP contribution in [0.3, 0.4) is 0 Å². The molecule has 0 aliphatic carbocycles. The minimum absolute atomic E-state index is 0.0486. The van der Waals surface area contributed by atoms with Crippen molar-refractivity contribution in [3.05, 3.63) is 0 Å². The lowest BCUT2D eigenvalue weighted by Crippen LogP contribution is -2.49. The highest BCUT2D eigenvalue weighted by molar-refractivity contribution is 5.81. The molecule has 4 heteroatoms. The first-order chi connectivity index (χ1) is 7.22. The minimum atomic E-state index is -0.557. The van der Waals surface area contributed by atoms with Crippen LogP contribution in [-0.2, 0) is 4.79 Å². The Morgan fingerprint density at radius 1 is 1.44 bits per heavy atom. The number of nitrogens with zero attached hydrogens (tertiary/aromatic N) is 2. The van der Waals surface area contributed by atoms with E-state index < -0.39 is 5.92 Å². The molecule has 0 aromatic rings. The second-order valence-electron chi connectivity index (χ2n) is 5.28. The number of rotatable bonds is 5. The van der Waals surface area contributed by atoms with E-state index in [0.29, 0.717) is 6.54 Å². The quantitative estimate of drug-likeness (QED) is 0.766. The molecule has 0 aromatic heterocycles. The number of hydrogen-bond donors (Lipinski definition) is 1. The molecular weight excluding hydrogens is 202 g/mol. The standard InChI is InChI=1S/C12H23N3O/c1-9(2)10(7-13)11(16)14-8-12(3,4)15(5)6/h9-10H,8H2,1-6H3,(H,14,16). The number of hydrogen-bond acceptors (Lipinski definition) is 3. The van der Waals surface area contributed by atoms with Crippen molar-refractivity contribution in [3.63, 3.8) is 0 Å². The summed E-state index contributed by atoms with van der Waals surface area (Å²) < 4.78 is 0. The molecule has 0 aromatic carbocycles. The van der Waals surface area contributed by atoms with E-state index >= 15 is 0 Å². The molecule has 4 nitrogen and oxygen atoms in total. The highest BCUT2D eigenvalue weighted by atomic mass is 16.1. The van der Waals surface area contributed by atoms with Crippen molar-refractivity contribution in [2.45, 2.75) is 33.2 Å². The highest BCUT2D eigenvalue weighted by Gasteiger charge is 2.25. The number of nitrogens with one attached hydrogen (secondary N) is 1. The number of carbonyl (C=O) groups is 1. The van der Waals surface area contributed by atoms with Crippen molar-refractivity contribution in [1.29, 1.82) is 5.26 Å². The normalized spacial score (nSPS) is 13.7. The second kappa shape index (κ2) is 5.86. The molecule has 0 fully saturated rings. The summed E-state index contributed by atoms with van der Waals surface area (Å²) in [6, 6.07) is 2.04. The Balaban J connectivity index is 4.33. The van der Waals surface area contributed by atoms with E-state index in [0.717, 1.165) is 0 Å². The summed E-state index contributed by atoms with van der Waals surface area (Å²) in [5.74, 6) is -0.683. The Morgan fingerprint density at radius 3 is 2.25 bits per heavy atom. The van der Waals surface area contributed by atoms with Crippen LogP contribution < -0.4 is 5.32 Å². The van der Waals surface area contributed by atoms with Crippen molar-refractivity contribution in [2.75, 3.05) is 20.6 Å². The molecule has 1 N–H and O–H groups in total. The highest BCUT2D eigenvalue weighted by Crippen LogP contribution is 2.11. The number of carbonyl (C=O) groups excluding carboxylic acids is 1. The lowest BCUT2D eigenvalue weighted by molar-refractivity contribution is -0.124. The fourth-order valence-electron chi connectivity index (χ4n) is 1.08. The van der Waals surface area contributed by atoms with Gasteiger partial charge in [-0.05, 0) is 33.9 Å². The fourth-order valence-corrected chi connectivity index (χ4v) is 1.08. The zero-order valence-corrected chi connectivity index (χ0v) is 11.2. The molecule has 0 saturated carbocycles. The first-order valence-corrected chi connectivity index (χ1v) is 5.57. The third-order valence-electron chi connectivity index (χ3n) is 2.99. The van der Waals surface area contributed by atoms with Crippen LogP contribution in [0.5, 0.6) is 0 Å². The first-order valence-electron chi connectivity index (χ1n) is 5.57. The van der Waals surface area contributed by atoms with Gasteiger partial charge < -0.3 is 10.2 Å². The molecule has 1 amide bonds. The lowest BCUT2D eigenvalue weighted by Gasteiger charge is -2.33. The Kier molecular flexibility index (Phi) is 5.46. The van der Waals surface area contributed by atoms with Gasteiger partial charge >= 0.3 is 0 Å². The molecule has 0 bridgehead atoms. The predicted molar refractivity (Wildman–Crippen MR) is 64.7 cm³/mol. The van der Waals surface area contributed by atoms with Gasteiger partial charge in [-0.25, -0.2) is 0 Å². The van der Waals surface area contributed by atoms with Crippen molar-refractivity contribution < 1.29 is 4.79 Å². The zero-order valence-electron chi connectivity index (χ0n) is 11.2. The van der Waals surface area contributed by atoms with Crippen LogP contribution >= 0.6 is 0 Å². The third kappa shape index (κ3) is 4.19. The van der Waals surface area contributed by atoms with Crippen LogP contribution in [0.2, 0.25) is 0 Å². The topological polar surface area (TPSA) is 56.1 Å². The second-order valence-corrected chi connectivity index (χ2v) is 5.28. The molecule has 0 radical (unpaired) electrons. The minimum Gasteiger partial charge on any atom is -0.353 e. The van der Waals surface area contributed by atoms with Crippen LogP contribution in [0, 0.1) is 23.2 Å². The molecule has 0 spiro atoms. The molecular formula is C12H23N3O. The van der Waals surface area contributed by atoms with E-state index in [1.165, 1.54) is 0 Å². The Hall–Kier alpha value is -1.08. The van der Waals surface area contributed by atoms with Crippen molar-refractivity contribution >= 4 is 5.91 Å². The SMILES string of the molecule is CC(C)C(C#N)C(=O)NCC(C)(C)N(C)C. The maximum atomic E-state index is 11.7. The van der Waals surface area contributed by atoms with Gasteiger partial charge in [0.15, 0.2) is 0 Å². The van der Waals surface area contributed by atoms with Gasteiger partial charge in [0, 0.05) is 12.1 Å². The van der Waals surface area contributed by atoms with E-state index in [4.69, 9.17) is 5.26 Å². The van der Waals surface area contributed by atoms with Crippen LogP contribution in [0.4, 0.5) is 0 Å². The molecule has 0 rings (SSSR count). The molecule has 0 saturated heterocycles. The lowest BCUT2D eigenvalue weighted by atomic mass is 9.96. The molecule has 1 atom stereocenters. The van der Waals surface area contributed by atoms with E-state index in [-0.39, 0.29) is 17.4 Å². The molecule has 16 heavy (non-hydrogen) atoms. The van der Waals surface area contributed by atoms with E-state index in [1.54, 1.807) is 0 Å².